The molecule has 0 saturated heterocycles. The fraction of sp³-hybridized carbons (Fsp3) is 0.235. The number of aromatic nitrogens is 3. The number of allylic oxidation sites excluding steroid dienone is 8. The molecule has 0 spiro atoms. The van der Waals surface area contributed by atoms with E-state index in [-0.39, 0.29) is 5.28 Å². The SMILES string of the molecule is Clc1nc(C2=CCCC=C2)nc(/C2=C/C=C\CC#CC2)n1. The molecular weight excluding hydrogens is 282 g/mol. The molecule has 2 aliphatic carbocycles. The first-order valence-corrected chi connectivity index (χ1v) is 7.31. The maximum Gasteiger partial charge on any atom is 0.226 e. The Kier molecular flexibility index (Phi) is 4.28. The highest BCUT2D eigenvalue weighted by atomic mass is 35.5. The maximum absolute atomic E-state index is 6.07. The van der Waals surface area contributed by atoms with Gasteiger partial charge in [-0.2, -0.15) is 9.97 Å². The quantitative estimate of drug-likeness (QED) is 0.774. The van der Waals surface area contributed by atoms with Gasteiger partial charge in [0.1, 0.15) is 0 Å². The summed E-state index contributed by atoms with van der Waals surface area (Å²) < 4.78 is 0. The number of hydrogen-bond acceptors (Lipinski definition) is 3. The Bertz CT molecular complexity index is 730. The van der Waals surface area contributed by atoms with Crippen LogP contribution in [0.2, 0.25) is 5.28 Å². The summed E-state index contributed by atoms with van der Waals surface area (Å²) in [5.41, 5.74) is 1.96. The van der Waals surface area contributed by atoms with Crippen LogP contribution in [0.4, 0.5) is 0 Å². The van der Waals surface area contributed by atoms with E-state index in [4.69, 9.17) is 11.6 Å². The minimum atomic E-state index is 0.217. The first kappa shape index (κ1) is 13.8. The topological polar surface area (TPSA) is 38.7 Å². The van der Waals surface area contributed by atoms with Crippen LogP contribution in [0.15, 0.2) is 36.5 Å². The van der Waals surface area contributed by atoms with Gasteiger partial charge < -0.3 is 0 Å². The van der Waals surface area contributed by atoms with Gasteiger partial charge in [-0.3, -0.25) is 0 Å². The van der Waals surface area contributed by atoms with E-state index in [9.17, 15) is 0 Å². The Morgan fingerprint density at radius 1 is 1.00 bits per heavy atom. The summed E-state index contributed by atoms with van der Waals surface area (Å²) in [4.78, 5) is 13.0. The summed E-state index contributed by atoms with van der Waals surface area (Å²) >= 11 is 6.07. The molecule has 1 heterocycles. The third kappa shape index (κ3) is 3.48. The molecule has 3 rings (SSSR count). The molecule has 0 aromatic carbocycles. The Balaban J connectivity index is 2.00. The molecule has 0 bridgehead atoms. The van der Waals surface area contributed by atoms with E-state index >= 15 is 0 Å². The van der Waals surface area contributed by atoms with E-state index < -0.39 is 0 Å². The lowest BCUT2D eigenvalue weighted by Crippen LogP contribution is -2.03. The molecule has 0 aliphatic heterocycles. The number of nitrogens with zero attached hydrogens (tertiary/aromatic N) is 3. The molecule has 0 N–H and O–H groups in total. The second-order valence-electron chi connectivity index (χ2n) is 4.75. The van der Waals surface area contributed by atoms with E-state index in [2.05, 4.69) is 38.9 Å². The van der Waals surface area contributed by atoms with Crippen LogP contribution >= 0.6 is 11.6 Å². The highest BCUT2D eigenvalue weighted by Crippen LogP contribution is 2.22. The first-order valence-electron chi connectivity index (χ1n) is 6.93. The third-order valence-corrected chi connectivity index (χ3v) is 3.37. The lowest BCUT2D eigenvalue weighted by Gasteiger charge is -2.09. The summed E-state index contributed by atoms with van der Waals surface area (Å²) in [6.07, 6.45) is 15.7. The predicted octanol–water partition coefficient (Wildman–Crippen LogP) is 4.00. The number of rotatable bonds is 2. The van der Waals surface area contributed by atoms with Gasteiger partial charge in [0, 0.05) is 24.0 Å². The van der Waals surface area contributed by atoms with Crippen LogP contribution < -0.4 is 0 Å². The average molecular weight is 296 g/mol. The molecule has 4 heteroatoms. The molecule has 1 aromatic rings. The average Bonchev–Trinajstić information content (AvgIpc) is 2.47. The fourth-order valence-electron chi connectivity index (χ4n) is 2.16. The van der Waals surface area contributed by atoms with Crippen molar-refractivity contribution < 1.29 is 0 Å². The van der Waals surface area contributed by atoms with Crippen molar-refractivity contribution in [3.05, 3.63) is 53.4 Å². The molecule has 0 fully saturated rings. The van der Waals surface area contributed by atoms with Crippen molar-refractivity contribution >= 4 is 22.7 Å². The molecule has 0 atom stereocenters. The molecule has 0 unspecified atom stereocenters. The summed E-state index contributed by atoms with van der Waals surface area (Å²) in [5, 5.41) is 0.217. The van der Waals surface area contributed by atoms with E-state index in [1.807, 2.05) is 24.3 Å². The van der Waals surface area contributed by atoms with Crippen molar-refractivity contribution in [2.24, 2.45) is 0 Å². The van der Waals surface area contributed by atoms with E-state index in [1.54, 1.807) is 0 Å². The second-order valence-corrected chi connectivity index (χ2v) is 5.08. The van der Waals surface area contributed by atoms with Crippen molar-refractivity contribution in [2.45, 2.75) is 25.7 Å². The molecular formula is C17H14ClN3. The summed E-state index contributed by atoms with van der Waals surface area (Å²) in [5.74, 6) is 7.42. The third-order valence-electron chi connectivity index (χ3n) is 3.21. The Hall–Kier alpha value is -2.18. The van der Waals surface area contributed by atoms with Gasteiger partial charge in [-0.1, -0.05) is 48.3 Å². The van der Waals surface area contributed by atoms with E-state index in [0.29, 0.717) is 18.1 Å². The first-order chi connectivity index (χ1) is 10.3. The fourth-order valence-corrected chi connectivity index (χ4v) is 2.32. The van der Waals surface area contributed by atoms with Gasteiger partial charge in [0.25, 0.3) is 0 Å². The summed E-state index contributed by atoms with van der Waals surface area (Å²) in [7, 11) is 0. The van der Waals surface area contributed by atoms with Crippen LogP contribution in [0.1, 0.15) is 37.3 Å². The molecule has 0 amide bonds. The van der Waals surface area contributed by atoms with Crippen molar-refractivity contribution in [3.8, 4) is 11.8 Å². The lowest BCUT2D eigenvalue weighted by atomic mass is 10.1. The lowest BCUT2D eigenvalue weighted by molar-refractivity contribution is 0.972. The zero-order valence-corrected chi connectivity index (χ0v) is 12.3. The van der Waals surface area contributed by atoms with Gasteiger partial charge in [-0.25, -0.2) is 4.98 Å². The normalized spacial score (nSPS) is 21.2. The van der Waals surface area contributed by atoms with E-state index in [0.717, 1.165) is 30.4 Å². The highest BCUT2D eigenvalue weighted by molar-refractivity contribution is 6.28. The summed E-state index contributed by atoms with van der Waals surface area (Å²) in [6, 6.07) is 0. The minimum Gasteiger partial charge on any atom is -0.208 e. The maximum atomic E-state index is 6.07. The zero-order valence-electron chi connectivity index (χ0n) is 11.5. The van der Waals surface area contributed by atoms with Crippen LogP contribution in [0.3, 0.4) is 0 Å². The number of halogens is 1. The predicted molar refractivity (Wildman–Crippen MR) is 85.3 cm³/mol. The Labute approximate surface area is 129 Å². The van der Waals surface area contributed by atoms with E-state index in [1.165, 1.54) is 0 Å². The van der Waals surface area contributed by atoms with Crippen molar-refractivity contribution in [1.29, 1.82) is 0 Å². The summed E-state index contributed by atoms with van der Waals surface area (Å²) in [6.45, 7) is 0. The van der Waals surface area contributed by atoms with Gasteiger partial charge in [0.05, 0.1) is 0 Å². The van der Waals surface area contributed by atoms with Crippen LogP contribution in [0.5, 0.6) is 0 Å². The van der Waals surface area contributed by atoms with Gasteiger partial charge >= 0.3 is 0 Å². The molecule has 3 nitrogen and oxygen atoms in total. The Morgan fingerprint density at radius 3 is 2.76 bits per heavy atom. The molecule has 104 valence electrons. The minimum absolute atomic E-state index is 0.217. The molecule has 0 saturated carbocycles. The van der Waals surface area contributed by atoms with Crippen molar-refractivity contribution in [3.63, 3.8) is 0 Å². The van der Waals surface area contributed by atoms with Crippen molar-refractivity contribution in [2.75, 3.05) is 0 Å². The van der Waals surface area contributed by atoms with Gasteiger partial charge in [-0.15, -0.1) is 0 Å². The van der Waals surface area contributed by atoms with Crippen LogP contribution in [-0.4, -0.2) is 15.0 Å². The van der Waals surface area contributed by atoms with Gasteiger partial charge in [0.15, 0.2) is 11.6 Å². The standard InChI is InChI=1S/C17H14ClN3/c18-17-20-15(13-9-5-2-1-3-6-10-13)19-16(21-17)14-11-7-4-8-12-14/h2,5,7,9,11-12H,1,4,8,10H2/b5-2-,13-9+. The van der Waals surface area contributed by atoms with Crippen molar-refractivity contribution in [1.82, 2.24) is 15.0 Å². The second kappa shape index (κ2) is 6.51. The molecule has 0 radical (unpaired) electrons. The molecule has 1 aromatic heterocycles. The smallest absolute Gasteiger partial charge is 0.208 e. The number of hydrogen-bond donors (Lipinski definition) is 0. The van der Waals surface area contributed by atoms with Crippen LogP contribution in [0.25, 0.3) is 11.1 Å². The highest BCUT2D eigenvalue weighted by Gasteiger charge is 2.12. The van der Waals surface area contributed by atoms with Crippen LogP contribution in [-0.2, 0) is 0 Å². The largest absolute Gasteiger partial charge is 0.226 e. The van der Waals surface area contributed by atoms with Gasteiger partial charge in [-0.05, 0) is 24.4 Å². The molecule has 2 aliphatic rings. The van der Waals surface area contributed by atoms with Gasteiger partial charge in [0.2, 0.25) is 5.28 Å². The zero-order chi connectivity index (χ0) is 14.5. The van der Waals surface area contributed by atoms with Crippen LogP contribution in [0, 0.1) is 11.8 Å². The molecule has 21 heavy (non-hydrogen) atoms. The Morgan fingerprint density at radius 2 is 1.90 bits per heavy atom. The monoisotopic (exact) mass is 295 g/mol.